The van der Waals surface area contributed by atoms with E-state index in [1.54, 1.807) is 6.92 Å². The van der Waals surface area contributed by atoms with E-state index in [1.807, 2.05) is 25.8 Å². The van der Waals surface area contributed by atoms with Crippen LogP contribution in [0, 0.1) is 22.7 Å². The molecule has 0 aromatic carbocycles. The molecule has 0 rings (SSSR count). The molecule has 19 heavy (non-hydrogen) atoms. The fraction of sp³-hybridized carbons (Fsp3) is 0.867. The lowest BCUT2D eigenvalue weighted by Gasteiger charge is -2.36. The molecule has 0 fully saturated rings. The monoisotopic (exact) mass is 267 g/mol. The number of nitriles is 1. The van der Waals surface area contributed by atoms with Crippen LogP contribution >= 0.6 is 0 Å². The average Bonchev–Trinajstić information content (AvgIpc) is 2.25. The molecular weight excluding hydrogens is 238 g/mol. The molecule has 1 N–H and O–H groups in total. The molecule has 0 saturated heterocycles. The van der Waals surface area contributed by atoms with Crippen molar-refractivity contribution >= 4 is 5.91 Å². The van der Waals surface area contributed by atoms with Crippen molar-refractivity contribution in [2.45, 2.75) is 60.0 Å². The van der Waals surface area contributed by atoms with Crippen molar-refractivity contribution < 1.29 is 4.79 Å². The molecule has 0 saturated carbocycles. The number of amides is 1. The number of carbonyl (C=O) groups is 1. The topological polar surface area (TPSA) is 56.1 Å². The fourth-order valence-electron chi connectivity index (χ4n) is 1.66. The van der Waals surface area contributed by atoms with Gasteiger partial charge in [-0.25, -0.2) is 0 Å². The second-order valence-electron chi connectivity index (χ2n) is 6.97. The Hall–Kier alpha value is -1.08. The molecule has 0 aromatic heterocycles. The first kappa shape index (κ1) is 17.9. The van der Waals surface area contributed by atoms with Gasteiger partial charge in [0.05, 0.1) is 12.6 Å². The third-order valence-corrected chi connectivity index (χ3v) is 4.09. The molecule has 4 nitrogen and oxygen atoms in total. The van der Waals surface area contributed by atoms with Crippen LogP contribution in [0.4, 0.5) is 0 Å². The van der Waals surface area contributed by atoms with E-state index < -0.39 is 5.54 Å². The highest BCUT2D eigenvalue weighted by Crippen LogP contribution is 2.22. The Morgan fingerprint density at radius 3 is 2.05 bits per heavy atom. The summed E-state index contributed by atoms with van der Waals surface area (Å²) in [5.41, 5.74) is -0.686. The number of likely N-dealkylation sites (N-methyl/N-ethyl adjacent to an activating group) is 1. The first-order valence-corrected chi connectivity index (χ1v) is 6.86. The van der Waals surface area contributed by atoms with Crippen molar-refractivity contribution in [1.29, 1.82) is 5.26 Å². The standard InChI is InChI=1S/C15H29N3O/c1-11(2)15(7,10-16)17-13(19)9-18(8)12(3)14(4,5)6/h11-12H,9H2,1-8H3,(H,17,19)/t12-,15+/m1/s1. The van der Waals surface area contributed by atoms with Crippen LogP contribution in [0.15, 0.2) is 0 Å². The zero-order valence-electron chi connectivity index (χ0n) is 13.7. The lowest BCUT2D eigenvalue weighted by atomic mass is 9.87. The number of nitrogens with zero attached hydrogens (tertiary/aromatic N) is 2. The van der Waals surface area contributed by atoms with E-state index in [9.17, 15) is 10.1 Å². The highest BCUT2D eigenvalue weighted by atomic mass is 16.2. The maximum atomic E-state index is 12.1. The predicted octanol–water partition coefficient (Wildman–Crippen LogP) is 2.41. The second kappa shape index (κ2) is 6.38. The number of hydrogen-bond donors (Lipinski definition) is 1. The summed E-state index contributed by atoms with van der Waals surface area (Å²) < 4.78 is 0. The van der Waals surface area contributed by atoms with Gasteiger partial charge >= 0.3 is 0 Å². The van der Waals surface area contributed by atoms with Crippen LogP contribution < -0.4 is 5.32 Å². The third kappa shape index (κ3) is 5.20. The lowest BCUT2D eigenvalue weighted by Crippen LogP contribution is -2.53. The van der Waals surface area contributed by atoms with Crippen LogP contribution in [0.5, 0.6) is 0 Å². The Kier molecular flexibility index (Phi) is 6.02. The number of nitrogens with one attached hydrogen (secondary N) is 1. The van der Waals surface area contributed by atoms with E-state index in [0.29, 0.717) is 6.54 Å². The van der Waals surface area contributed by atoms with Crippen LogP contribution in [0.25, 0.3) is 0 Å². The largest absolute Gasteiger partial charge is 0.337 e. The minimum atomic E-state index is -0.803. The van der Waals surface area contributed by atoms with Gasteiger partial charge in [-0.3, -0.25) is 9.69 Å². The van der Waals surface area contributed by atoms with Crippen molar-refractivity contribution in [3.05, 3.63) is 0 Å². The van der Waals surface area contributed by atoms with Crippen LogP contribution in [0.2, 0.25) is 0 Å². The molecule has 0 unspecified atom stereocenters. The smallest absolute Gasteiger partial charge is 0.235 e. The van der Waals surface area contributed by atoms with Gasteiger partial charge < -0.3 is 5.32 Å². The van der Waals surface area contributed by atoms with Gasteiger partial charge in [0, 0.05) is 6.04 Å². The maximum absolute atomic E-state index is 12.1. The van der Waals surface area contributed by atoms with Crippen LogP contribution in [0.1, 0.15) is 48.5 Å². The summed E-state index contributed by atoms with van der Waals surface area (Å²) in [5, 5.41) is 12.0. The minimum absolute atomic E-state index is 0.0757. The minimum Gasteiger partial charge on any atom is -0.337 e. The van der Waals surface area contributed by atoms with Gasteiger partial charge in [0.2, 0.25) is 5.91 Å². The highest BCUT2D eigenvalue weighted by Gasteiger charge is 2.31. The molecule has 2 atom stereocenters. The molecule has 110 valence electrons. The van der Waals surface area contributed by atoms with Crippen molar-refractivity contribution in [2.24, 2.45) is 11.3 Å². The molecule has 0 aliphatic carbocycles. The number of rotatable bonds is 5. The quantitative estimate of drug-likeness (QED) is 0.832. The molecule has 0 heterocycles. The van der Waals surface area contributed by atoms with E-state index >= 15 is 0 Å². The Labute approximate surface area is 118 Å². The second-order valence-corrected chi connectivity index (χ2v) is 6.97. The molecule has 1 amide bonds. The molecule has 0 spiro atoms. The summed E-state index contributed by atoms with van der Waals surface area (Å²) in [7, 11) is 1.94. The first-order valence-electron chi connectivity index (χ1n) is 6.86. The zero-order valence-corrected chi connectivity index (χ0v) is 13.7. The van der Waals surface area contributed by atoms with E-state index in [0.717, 1.165) is 0 Å². The predicted molar refractivity (Wildman–Crippen MR) is 78.5 cm³/mol. The SMILES string of the molecule is CC(C)[C@](C)(C#N)NC(=O)CN(C)[C@H](C)C(C)(C)C. The van der Waals surface area contributed by atoms with E-state index in [1.165, 1.54) is 0 Å². The molecule has 0 radical (unpaired) electrons. The molecule has 0 bridgehead atoms. The Bertz CT molecular complexity index is 351. The van der Waals surface area contributed by atoms with Crippen LogP contribution in [0.3, 0.4) is 0 Å². The van der Waals surface area contributed by atoms with Crippen molar-refractivity contribution in [1.82, 2.24) is 10.2 Å². The maximum Gasteiger partial charge on any atom is 0.235 e. The first-order chi connectivity index (χ1) is 8.44. The normalized spacial score (nSPS) is 16.9. The Morgan fingerprint density at radius 2 is 1.74 bits per heavy atom. The molecule has 0 aliphatic rings. The van der Waals surface area contributed by atoms with Gasteiger partial charge in [-0.2, -0.15) is 5.26 Å². The highest BCUT2D eigenvalue weighted by molar-refractivity contribution is 5.79. The summed E-state index contributed by atoms with van der Waals surface area (Å²) in [6.45, 7) is 14.5. The van der Waals surface area contributed by atoms with Gasteiger partial charge in [0.25, 0.3) is 0 Å². The molecule has 0 aromatic rings. The summed E-state index contributed by atoms with van der Waals surface area (Å²) in [5.74, 6) is -0.0249. The van der Waals surface area contributed by atoms with E-state index in [-0.39, 0.29) is 23.3 Å². The Balaban J connectivity index is 4.61. The van der Waals surface area contributed by atoms with Gasteiger partial charge in [-0.05, 0) is 32.2 Å². The van der Waals surface area contributed by atoms with Crippen molar-refractivity contribution in [3.8, 4) is 6.07 Å². The van der Waals surface area contributed by atoms with Crippen molar-refractivity contribution in [2.75, 3.05) is 13.6 Å². The van der Waals surface area contributed by atoms with Crippen molar-refractivity contribution in [3.63, 3.8) is 0 Å². The number of carbonyl (C=O) groups excluding carboxylic acids is 1. The summed E-state index contributed by atoms with van der Waals surface area (Å²) >= 11 is 0. The van der Waals surface area contributed by atoms with Gasteiger partial charge in [0.1, 0.15) is 5.54 Å². The van der Waals surface area contributed by atoms with Gasteiger partial charge in [-0.1, -0.05) is 34.6 Å². The van der Waals surface area contributed by atoms with Crippen LogP contribution in [-0.2, 0) is 4.79 Å². The zero-order chi connectivity index (χ0) is 15.4. The Morgan fingerprint density at radius 1 is 1.26 bits per heavy atom. The lowest BCUT2D eigenvalue weighted by molar-refractivity contribution is -0.124. The molecule has 4 heteroatoms. The average molecular weight is 267 g/mol. The molecule has 0 aliphatic heterocycles. The third-order valence-electron chi connectivity index (χ3n) is 4.09. The fourth-order valence-corrected chi connectivity index (χ4v) is 1.66. The summed E-state index contributed by atoms with van der Waals surface area (Å²) in [6.07, 6.45) is 0. The summed E-state index contributed by atoms with van der Waals surface area (Å²) in [4.78, 5) is 14.1. The van der Waals surface area contributed by atoms with E-state index in [4.69, 9.17) is 0 Å². The van der Waals surface area contributed by atoms with Gasteiger partial charge in [0.15, 0.2) is 0 Å². The molecular formula is C15H29N3O. The van der Waals surface area contributed by atoms with Crippen LogP contribution in [-0.4, -0.2) is 36.0 Å². The summed E-state index contributed by atoms with van der Waals surface area (Å²) in [6, 6.07) is 2.47. The number of hydrogen-bond acceptors (Lipinski definition) is 3. The van der Waals surface area contributed by atoms with E-state index in [2.05, 4.69) is 39.1 Å². The van der Waals surface area contributed by atoms with Gasteiger partial charge in [-0.15, -0.1) is 0 Å².